The van der Waals surface area contributed by atoms with Crippen molar-refractivity contribution in [2.24, 2.45) is 0 Å². The van der Waals surface area contributed by atoms with Crippen LogP contribution in [0.1, 0.15) is 36.7 Å². The highest BCUT2D eigenvalue weighted by Gasteiger charge is 2.68. The summed E-state index contributed by atoms with van der Waals surface area (Å²) in [5, 5.41) is 3.15. The predicted octanol–water partition coefficient (Wildman–Crippen LogP) is 2.15. The lowest BCUT2D eigenvalue weighted by Crippen LogP contribution is -2.69. The van der Waals surface area contributed by atoms with Gasteiger partial charge >= 0.3 is 12.2 Å². The minimum atomic E-state index is -5.20. The summed E-state index contributed by atoms with van der Waals surface area (Å²) in [6.07, 6.45) is -5.20. The van der Waals surface area contributed by atoms with E-state index in [1.54, 1.807) is 17.4 Å². The van der Waals surface area contributed by atoms with Gasteiger partial charge in [-0.05, 0) is 23.1 Å². The molecule has 25 heavy (non-hydrogen) atoms. The van der Waals surface area contributed by atoms with Crippen LogP contribution in [0.5, 0.6) is 0 Å². The summed E-state index contributed by atoms with van der Waals surface area (Å²) in [5.41, 5.74) is -2.84. The first-order valence-electron chi connectivity index (χ1n) is 7.40. The quantitative estimate of drug-likeness (QED) is 0.796. The number of nitrogens with zero attached hydrogens (tertiary/aromatic N) is 1. The number of alkyl halides is 3. The van der Waals surface area contributed by atoms with Crippen LogP contribution >= 0.6 is 0 Å². The van der Waals surface area contributed by atoms with Crippen molar-refractivity contribution in [1.82, 2.24) is 15.5 Å². The Balaban J connectivity index is 2.33. The maximum atomic E-state index is 13.4. The molecule has 2 rings (SSSR count). The van der Waals surface area contributed by atoms with Crippen molar-refractivity contribution in [1.29, 1.82) is 0 Å². The van der Waals surface area contributed by atoms with Gasteiger partial charge < -0.3 is 5.32 Å². The van der Waals surface area contributed by atoms with Gasteiger partial charge in [0, 0.05) is 12.6 Å². The maximum absolute atomic E-state index is 13.4. The number of urea groups is 1. The summed E-state index contributed by atoms with van der Waals surface area (Å²) < 4.78 is 40.3. The highest BCUT2D eigenvalue weighted by atomic mass is 19.4. The molecule has 9 heteroatoms. The van der Waals surface area contributed by atoms with E-state index in [4.69, 9.17) is 0 Å². The number of benzene rings is 1. The van der Waals surface area contributed by atoms with E-state index in [2.05, 4.69) is 0 Å². The van der Waals surface area contributed by atoms with Gasteiger partial charge in [-0.1, -0.05) is 32.9 Å². The minimum Gasteiger partial charge on any atom is -0.314 e. The number of carbonyl (C=O) groups is 3. The summed E-state index contributed by atoms with van der Waals surface area (Å²) >= 11 is 0. The molecule has 1 aliphatic heterocycles. The number of imide groups is 1. The normalized spacial score (nSPS) is 21.3. The van der Waals surface area contributed by atoms with Crippen LogP contribution in [0.2, 0.25) is 0 Å². The molecule has 1 atom stereocenters. The predicted molar refractivity (Wildman–Crippen MR) is 82.7 cm³/mol. The Morgan fingerprint density at radius 2 is 1.64 bits per heavy atom. The molecule has 2 N–H and O–H groups in total. The van der Waals surface area contributed by atoms with Crippen LogP contribution in [0.15, 0.2) is 24.3 Å². The van der Waals surface area contributed by atoms with Gasteiger partial charge in [0.25, 0.3) is 17.5 Å². The lowest BCUT2D eigenvalue weighted by molar-refractivity contribution is -0.199. The van der Waals surface area contributed by atoms with Gasteiger partial charge in [0.2, 0.25) is 0 Å². The Morgan fingerprint density at radius 1 is 1.12 bits per heavy atom. The fourth-order valence-electron chi connectivity index (χ4n) is 2.35. The number of hydrogen-bond acceptors (Lipinski definition) is 3. The number of nitrogens with one attached hydrogen (secondary N) is 2. The average molecular weight is 357 g/mol. The van der Waals surface area contributed by atoms with Gasteiger partial charge in [0.15, 0.2) is 0 Å². The van der Waals surface area contributed by atoms with E-state index in [9.17, 15) is 27.6 Å². The summed E-state index contributed by atoms with van der Waals surface area (Å²) in [7, 11) is 0.898. The van der Waals surface area contributed by atoms with Crippen LogP contribution in [0.25, 0.3) is 0 Å². The van der Waals surface area contributed by atoms with Crippen molar-refractivity contribution in [2.45, 2.75) is 38.0 Å². The van der Waals surface area contributed by atoms with Crippen molar-refractivity contribution in [3.8, 4) is 0 Å². The summed E-state index contributed by atoms with van der Waals surface area (Å²) in [5.74, 6) is -2.72. The molecule has 1 aromatic rings. The second-order valence-electron chi connectivity index (χ2n) is 6.82. The Kier molecular flexibility index (Phi) is 4.31. The highest BCUT2D eigenvalue weighted by Crippen LogP contribution is 2.33. The zero-order chi connectivity index (χ0) is 19.2. The molecule has 0 saturated carbocycles. The third-order valence-electron chi connectivity index (χ3n) is 3.96. The smallest absolute Gasteiger partial charge is 0.314 e. The molecular formula is C16H18F3N3O3. The molecule has 0 spiro atoms. The van der Waals surface area contributed by atoms with E-state index in [0.717, 1.165) is 12.6 Å². The Hall–Kier alpha value is -2.58. The Labute approximate surface area is 142 Å². The Morgan fingerprint density at radius 3 is 2.00 bits per heavy atom. The van der Waals surface area contributed by atoms with Crippen LogP contribution in [0.4, 0.5) is 18.0 Å². The number of likely N-dealkylation sites (N-methyl/N-ethyl adjacent to an activating group) is 1. The number of halogens is 3. The molecule has 1 saturated heterocycles. The minimum absolute atomic E-state index is 0.0618. The van der Waals surface area contributed by atoms with E-state index >= 15 is 0 Å². The zero-order valence-corrected chi connectivity index (χ0v) is 14.1. The second-order valence-corrected chi connectivity index (χ2v) is 6.82. The molecule has 0 aliphatic carbocycles. The van der Waals surface area contributed by atoms with Crippen molar-refractivity contribution in [3.63, 3.8) is 0 Å². The van der Waals surface area contributed by atoms with Gasteiger partial charge in [-0.25, -0.2) is 4.79 Å². The van der Waals surface area contributed by atoms with Crippen LogP contribution in [-0.4, -0.2) is 41.6 Å². The third kappa shape index (κ3) is 3.18. The van der Waals surface area contributed by atoms with Gasteiger partial charge in [-0.2, -0.15) is 13.2 Å². The molecule has 0 radical (unpaired) electrons. The number of carbonyl (C=O) groups excluding carboxylic acids is 3. The molecule has 4 amide bonds. The first-order chi connectivity index (χ1) is 11.3. The van der Waals surface area contributed by atoms with E-state index in [1.165, 1.54) is 17.4 Å². The van der Waals surface area contributed by atoms with E-state index in [0.29, 0.717) is 0 Å². The number of rotatable bonds is 2. The average Bonchev–Trinajstić information content (AvgIpc) is 2.71. The van der Waals surface area contributed by atoms with Crippen LogP contribution in [0.3, 0.4) is 0 Å². The summed E-state index contributed by atoms with van der Waals surface area (Å²) in [4.78, 5) is 35.9. The van der Waals surface area contributed by atoms with Crippen LogP contribution in [-0.2, 0) is 10.2 Å². The molecular weight excluding hydrogens is 339 g/mol. The highest BCUT2D eigenvalue weighted by molar-refractivity contribution is 6.10. The molecule has 1 aromatic carbocycles. The first-order valence-corrected chi connectivity index (χ1v) is 7.40. The summed E-state index contributed by atoms with van der Waals surface area (Å²) in [6, 6.07) is 4.73. The van der Waals surface area contributed by atoms with E-state index < -0.39 is 29.7 Å². The largest absolute Gasteiger partial charge is 0.440 e. The van der Waals surface area contributed by atoms with Crippen molar-refractivity contribution in [2.75, 3.05) is 7.05 Å². The van der Waals surface area contributed by atoms with Gasteiger partial charge in [0.1, 0.15) is 0 Å². The zero-order valence-electron chi connectivity index (χ0n) is 14.1. The monoisotopic (exact) mass is 357 g/mol. The third-order valence-corrected chi connectivity index (χ3v) is 3.96. The van der Waals surface area contributed by atoms with Crippen molar-refractivity contribution in [3.05, 3.63) is 35.4 Å². The van der Waals surface area contributed by atoms with Crippen molar-refractivity contribution >= 4 is 17.8 Å². The van der Waals surface area contributed by atoms with E-state index in [-0.39, 0.29) is 15.9 Å². The molecule has 0 unspecified atom stereocenters. The Bertz CT molecular complexity index is 723. The molecule has 1 aliphatic rings. The topological polar surface area (TPSA) is 78.5 Å². The van der Waals surface area contributed by atoms with Crippen LogP contribution in [0, 0.1) is 0 Å². The molecule has 0 bridgehead atoms. The summed E-state index contributed by atoms with van der Waals surface area (Å²) in [6.45, 7) is 5.84. The fourth-order valence-corrected chi connectivity index (χ4v) is 2.35. The maximum Gasteiger partial charge on any atom is 0.440 e. The molecule has 136 valence electrons. The van der Waals surface area contributed by atoms with E-state index in [1.807, 2.05) is 20.8 Å². The molecule has 1 heterocycles. The first kappa shape index (κ1) is 18.8. The fraction of sp³-hybridized carbons (Fsp3) is 0.438. The number of amides is 4. The lowest BCUT2D eigenvalue weighted by atomic mass is 9.86. The van der Waals surface area contributed by atoms with Gasteiger partial charge in [-0.3, -0.25) is 19.8 Å². The molecule has 1 fully saturated rings. The van der Waals surface area contributed by atoms with Gasteiger partial charge in [0.05, 0.1) is 0 Å². The second kappa shape index (κ2) is 5.75. The number of hydrogen-bond donors (Lipinski definition) is 2. The molecule has 0 aromatic heterocycles. The SMILES string of the molecule is CN1C(=O)N[C@](NC(=O)c2ccc(C(C)(C)C)cc2)(C(F)(F)F)C1=O. The standard InChI is InChI=1S/C16H18F3N3O3/c1-14(2,3)10-7-5-9(6-8-10)11(23)20-15(16(17,18)19)12(24)22(4)13(25)21-15/h5-8H,1-4H3,(H,20,23)(H,21,25)/t15-/m0/s1. The van der Waals surface area contributed by atoms with Gasteiger partial charge in [-0.15, -0.1) is 0 Å². The van der Waals surface area contributed by atoms with Crippen LogP contribution < -0.4 is 10.6 Å². The van der Waals surface area contributed by atoms with Crippen molar-refractivity contribution < 1.29 is 27.6 Å². The lowest BCUT2D eigenvalue weighted by Gasteiger charge is -2.29. The molecule has 6 nitrogen and oxygen atoms in total.